The van der Waals surface area contributed by atoms with Crippen LogP contribution in [0.25, 0.3) is 0 Å². The maximum Gasteiger partial charge on any atom is 0.255 e. The Morgan fingerprint density at radius 3 is 2.59 bits per heavy atom. The number of aldehydes is 2. The van der Waals surface area contributed by atoms with Gasteiger partial charge in [0.15, 0.2) is 6.29 Å². The Balaban J connectivity index is 2.22. The molecule has 27 heavy (non-hydrogen) atoms. The molecule has 0 spiro atoms. The minimum Gasteiger partial charge on any atom is -0.369 e. The zero-order chi connectivity index (χ0) is 19.8. The van der Waals surface area contributed by atoms with E-state index in [9.17, 15) is 19.2 Å². The van der Waals surface area contributed by atoms with Gasteiger partial charge in [-0.1, -0.05) is 0 Å². The number of carbonyl (C=O) groups excluding carboxylic acids is 4. The Kier molecular flexibility index (Phi) is 7.48. The first-order valence-electron chi connectivity index (χ1n) is 8.99. The minimum absolute atomic E-state index is 0.138. The van der Waals surface area contributed by atoms with Crippen LogP contribution in [-0.4, -0.2) is 75.6 Å². The highest BCUT2D eigenvalue weighted by Crippen LogP contribution is 2.21. The molecule has 8 nitrogen and oxygen atoms in total. The van der Waals surface area contributed by atoms with Gasteiger partial charge in [-0.05, 0) is 24.6 Å². The molecule has 2 N–H and O–H groups in total. The Labute approximate surface area is 158 Å². The van der Waals surface area contributed by atoms with Gasteiger partial charge in [0.2, 0.25) is 5.91 Å². The van der Waals surface area contributed by atoms with Gasteiger partial charge in [0.05, 0.1) is 11.6 Å². The third-order valence-corrected chi connectivity index (χ3v) is 4.80. The SMILES string of the molecule is CNC(=O)CCC(C=O)N(C)C(=O)c1cc(N2CCNCC2)ccc1C=O. The van der Waals surface area contributed by atoms with E-state index >= 15 is 0 Å². The average Bonchev–Trinajstić information content (AvgIpc) is 2.73. The lowest BCUT2D eigenvalue weighted by molar-refractivity contribution is -0.121. The molecule has 8 heteroatoms. The van der Waals surface area contributed by atoms with Gasteiger partial charge in [0, 0.05) is 57.9 Å². The number of nitrogens with one attached hydrogen (secondary N) is 2. The van der Waals surface area contributed by atoms with Gasteiger partial charge in [0.1, 0.15) is 6.29 Å². The summed E-state index contributed by atoms with van der Waals surface area (Å²) in [6.45, 7) is 3.33. The Hall–Kier alpha value is -2.74. The van der Waals surface area contributed by atoms with Crippen LogP contribution in [0.1, 0.15) is 33.6 Å². The van der Waals surface area contributed by atoms with Crippen LogP contribution in [0.2, 0.25) is 0 Å². The summed E-state index contributed by atoms with van der Waals surface area (Å²) >= 11 is 0. The van der Waals surface area contributed by atoms with Crippen LogP contribution in [0, 0.1) is 0 Å². The van der Waals surface area contributed by atoms with Crippen LogP contribution in [0.4, 0.5) is 5.69 Å². The fourth-order valence-corrected chi connectivity index (χ4v) is 3.05. The van der Waals surface area contributed by atoms with Gasteiger partial charge in [-0.25, -0.2) is 0 Å². The number of benzene rings is 1. The van der Waals surface area contributed by atoms with Gasteiger partial charge in [-0.15, -0.1) is 0 Å². The van der Waals surface area contributed by atoms with E-state index in [1.807, 2.05) is 6.07 Å². The summed E-state index contributed by atoms with van der Waals surface area (Å²) in [5.74, 6) is -0.611. The second-order valence-corrected chi connectivity index (χ2v) is 6.46. The van der Waals surface area contributed by atoms with E-state index in [-0.39, 0.29) is 29.9 Å². The van der Waals surface area contributed by atoms with Gasteiger partial charge >= 0.3 is 0 Å². The predicted molar refractivity (Wildman–Crippen MR) is 102 cm³/mol. The van der Waals surface area contributed by atoms with Crippen LogP contribution in [-0.2, 0) is 9.59 Å². The van der Waals surface area contributed by atoms with Crippen LogP contribution >= 0.6 is 0 Å². The standard InChI is InChI=1S/C19H26N4O4/c1-20-18(26)6-5-16(13-25)22(2)19(27)17-11-15(4-3-14(17)12-24)23-9-7-21-8-10-23/h3-4,11-13,16,21H,5-10H2,1-2H3,(H,20,26). The van der Waals surface area contributed by atoms with Crippen molar-refractivity contribution in [2.24, 2.45) is 0 Å². The van der Waals surface area contributed by atoms with Crippen molar-refractivity contribution in [3.8, 4) is 0 Å². The van der Waals surface area contributed by atoms with E-state index in [1.54, 1.807) is 12.1 Å². The molecule has 0 aliphatic carbocycles. The van der Waals surface area contributed by atoms with E-state index < -0.39 is 11.9 Å². The molecule has 1 aliphatic rings. The van der Waals surface area contributed by atoms with E-state index in [0.29, 0.717) is 12.6 Å². The van der Waals surface area contributed by atoms with Gasteiger partial charge in [-0.3, -0.25) is 14.4 Å². The van der Waals surface area contributed by atoms with Crippen molar-refractivity contribution in [1.29, 1.82) is 0 Å². The summed E-state index contributed by atoms with van der Waals surface area (Å²) < 4.78 is 0. The Morgan fingerprint density at radius 2 is 2.00 bits per heavy atom. The first-order chi connectivity index (χ1) is 13.0. The van der Waals surface area contributed by atoms with Gasteiger partial charge in [0.25, 0.3) is 5.91 Å². The van der Waals surface area contributed by atoms with Crippen LogP contribution in [0.15, 0.2) is 18.2 Å². The van der Waals surface area contributed by atoms with Crippen molar-refractivity contribution in [1.82, 2.24) is 15.5 Å². The normalized spacial score (nSPS) is 15.0. The molecule has 0 radical (unpaired) electrons. The highest BCUT2D eigenvalue weighted by molar-refractivity contribution is 6.03. The molecule has 2 rings (SSSR count). The number of rotatable bonds is 8. The van der Waals surface area contributed by atoms with Crippen molar-refractivity contribution >= 4 is 30.1 Å². The smallest absolute Gasteiger partial charge is 0.255 e. The first-order valence-corrected chi connectivity index (χ1v) is 8.99. The fourth-order valence-electron chi connectivity index (χ4n) is 3.05. The molecule has 1 aromatic carbocycles. The van der Waals surface area contributed by atoms with E-state index in [2.05, 4.69) is 15.5 Å². The first kappa shape index (κ1) is 20.6. The highest BCUT2D eigenvalue weighted by atomic mass is 16.2. The molecule has 0 saturated carbocycles. The molecule has 1 aliphatic heterocycles. The maximum atomic E-state index is 13.0. The Morgan fingerprint density at radius 1 is 1.30 bits per heavy atom. The molecule has 1 unspecified atom stereocenters. The molecule has 0 bridgehead atoms. The number of carbonyl (C=O) groups is 4. The quantitative estimate of drug-likeness (QED) is 0.625. The summed E-state index contributed by atoms with van der Waals surface area (Å²) in [7, 11) is 3.03. The number of piperazine rings is 1. The summed E-state index contributed by atoms with van der Waals surface area (Å²) in [6, 6.07) is 4.42. The minimum atomic E-state index is -0.739. The number of anilines is 1. The number of hydrogen-bond donors (Lipinski definition) is 2. The molecule has 1 saturated heterocycles. The summed E-state index contributed by atoms with van der Waals surface area (Å²) in [6.07, 6.45) is 1.66. The second-order valence-electron chi connectivity index (χ2n) is 6.46. The van der Waals surface area contributed by atoms with Crippen LogP contribution < -0.4 is 15.5 Å². The Bertz CT molecular complexity index is 701. The molecule has 0 aromatic heterocycles. The number of nitrogens with zero attached hydrogens (tertiary/aromatic N) is 2. The lowest BCUT2D eigenvalue weighted by Crippen LogP contribution is -2.43. The summed E-state index contributed by atoms with van der Waals surface area (Å²) in [4.78, 5) is 50.7. The lowest BCUT2D eigenvalue weighted by Gasteiger charge is -2.30. The predicted octanol–water partition coefficient (Wildman–Crippen LogP) is 0.0744. The lowest BCUT2D eigenvalue weighted by atomic mass is 10.0. The van der Waals surface area contributed by atoms with Crippen molar-refractivity contribution in [2.45, 2.75) is 18.9 Å². The fraction of sp³-hybridized carbons (Fsp3) is 0.474. The highest BCUT2D eigenvalue weighted by Gasteiger charge is 2.24. The number of likely N-dealkylation sites (N-methyl/N-ethyl adjacent to an activating group) is 1. The molecule has 1 atom stereocenters. The van der Waals surface area contributed by atoms with E-state index in [4.69, 9.17) is 0 Å². The molecule has 2 amide bonds. The molecule has 1 heterocycles. The third-order valence-electron chi connectivity index (χ3n) is 4.80. The van der Waals surface area contributed by atoms with E-state index in [0.717, 1.165) is 31.9 Å². The summed E-state index contributed by atoms with van der Waals surface area (Å²) in [5.41, 5.74) is 1.41. The zero-order valence-corrected chi connectivity index (χ0v) is 15.7. The molecular formula is C19H26N4O4. The summed E-state index contributed by atoms with van der Waals surface area (Å²) in [5, 5.41) is 5.76. The molecular weight excluding hydrogens is 348 g/mol. The third kappa shape index (κ3) is 5.13. The molecule has 1 fully saturated rings. The van der Waals surface area contributed by atoms with Gasteiger partial charge < -0.3 is 25.2 Å². The topological polar surface area (TPSA) is 98.8 Å². The van der Waals surface area contributed by atoms with Crippen molar-refractivity contribution in [3.63, 3.8) is 0 Å². The monoisotopic (exact) mass is 374 g/mol. The van der Waals surface area contributed by atoms with Gasteiger partial charge in [-0.2, -0.15) is 0 Å². The largest absolute Gasteiger partial charge is 0.369 e. The zero-order valence-electron chi connectivity index (χ0n) is 15.7. The average molecular weight is 374 g/mol. The van der Waals surface area contributed by atoms with Crippen molar-refractivity contribution in [3.05, 3.63) is 29.3 Å². The van der Waals surface area contributed by atoms with Crippen LogP contribution in [0.5, 0.6) is 0 Å². The van der Waals surface area contributed by atoms with E-state index in [1.165, 1.54) is 19.0 Å². The maximum absolute atomic E-state index is 13.0. The number of hydrogen-bond acceptors (Lipinski definition) is 6. The number of amides is 2. The van der Waals surface area contributed by atoms with Crippen molar-refractivity contribution < 1.29 is 19.2 Å². The van der Waals surface area contributed by atoms with Crippen molar-refractivity contribution in [2.75, 3.05) is 45.2 Å². The molecule has 1 aromatic rings. The van der Waals surface area contributed by atoms with Crippen LogP contribution in [0.3, 0.4) is 0 Å². The molecule has 146 valence electrons. The second kappa shape index (κ2) is 9.82.